The summed E-state index contributed by atoms with van der Waals surface area (Å²) in [7, 11) is -0.465. The van der Waals surface area contributed by atoms with Gasteiger partial charge in [0.2, 0.25) is 0 Å². The van der Waals surface area contributed by atoms with Crippen LogP contribution in [0.3, 0.4) is 0 Å². The van der Waals surface area contributed by atoms with Gasteiger partial charge in [0, 0.05) is 9.79 Å². The van der Waals surface area contributed by atoms with Crippen molar-refractivity contribution >= 4 is 28.2 Å². The first-order chi connectivity index (χ1) is 17.6. The Morgan fingerprint density at radius 3 is 1.36 bits per heavy atom. The molecule has 0 fully saturated rings. The SMILES string of the molecule is C=C(c1ccccc1)c1ccc(Sc2ccc([S+](c3ccc(F)cc3)c3ccc(F)cc3)cc2)cc1. The lowest BCUT2D eigenvalue weighted by molar-refractivity contribution is 0.626. The molecule has 0 heterocycles. The van der Waals surface area contributed by atoms with E-state index in [0.29, 0.717) is 0 Å². The van der Waals surface area contributed by atoms with Crippen LogP contribution in [-0.4, -0.2) is 0 Å². The van der Waals surface area contributed by atoms with Gasteiger partial charge in [0.25, 0.3) is 0 Å². The summed E-state index contributed by atoms with van der Waals surface area (Å²) in [5.74, 6) is -0.543. The summed E-state index contributed by atoms with van der Waals surface area (Å²) in [5, 5.41) is 0. The standard InChI is InChI=1S/C32H23F2S2/c1-23(24-5-3-2-4-6-24)25-7-13-28(14-8-25)35-29-15-21-32(22-16-29)36(30-17-9-26(33)10-18-30)31-19-11-27(34)12-20-31/h2-22H,1H2/q+1. The maximum atomic E-state index is 13.6. The van der Waals surface area contributed by atoms with Gasteiger partial charge in [0.05, 0.1) is 10.9 Å². The van der Waals surface area contributed by atoms with Gasteiger partial charge in [0.15, 0.2) is 14.7 Å². The molecule has 0 aliphatic heterocycles. The van der Waals surface area contributed by atoms with Crippen molar-refractivity contribution in [2.75, 3.05) is 0 Å². The second kappa shape index (κ2) is 11.0. The largest absolute Gasteiger partial charge is 0.207 e. The third-order valence-electron chi connectivity index (χ3n) is 5.72. The average Bonchev–Trinajstić information content (AvgIpc) is 2.92. The molecule has 0 aliphatic rings. The molecular formula is C32H23F2S2+. The van der Waals surface area contributed by atoms with E-state index in [2.05, 4.69) is 67.2 Å². The third-order valence-corrected chi connectivity index (χ3v) is 8.97. The van der Waals surface area contributed by atoms with Crippen LogP contribution in [0.2, 0.25) is 0 Å². The molecule has 0 aromatic heterocycles. The molecule has 0 saturated heterocycles. The van der Waals surface area contributed by atoms with E-state index in [0.717, 1.165) is 41.2 Å². The van der Waals surface area contributed by atoms with E-state index >= 15 is 0 Å². The Balaban J connectivity index is 1.36. The maximum absolute atomic E-state index is 13.6. The summed E-state index contributed by atoms with van der Waals surface area (Å²) in [4.78, 5) is 5.32. The number of rotatable bonds is 7. The van der Waals surface area contributed by atoms with Crippen molar-refractivity contribution in [1.29, 1.82) is 0 Å². The summed E-state index contributed by atoms with van der Waals surface area (Å²) in [6.07, 6.45) is 0. The Labute approximate surface area is 217 Å². The summed E-state index contributed by atoms with van der Waals surface area (Å²) >= 11 is 1.69. The van der Waals surface area contributed by atoms with E-state index in [-0.39, 0.29) is 11.6 Å². The zero-order valence-corrected chi connectivity index (χ0v) is 21.0. The van der Waals surface area contributed by atoms with Crippen molar-refractivity contribution in [2.24, 2.45) is 0 Å². The minimum Gasteiger partial charge on any atom is -0.207 e. The smallest absolute Gasteiger partial charge is 0.166 e. The molecular weight excluding hydrogens is 486 g/mol. The van der Waals surface area contributed by atoms with Crippen LogP contribution >= 0.6 is 11.8 Å². The molecule has 4 heteroatoms. The van der Waals surface area contributed by atoms with Crippen molar-refractivity contribution in [3.05, 3.63) is 157 Å². The normalized spacial score (nSPS) is 11.0. The van der Waals surface area contributed by atoms with E-state index in [1.165, 1.54) is 24.3 Å². The van der Waals surface area contributed by atoms with Gasteiger partial charge in [-0.15, -0.1) is 0 Å². The number of benzene rings is 5. The summed E-state index contributed by atoms with van der Waals surface area (Å²) in [6.45, 7) is 4.25. The van der Waals surface area contributed by atoms with Crippen molar-refractivity contribution in [1.82, 2.24) is 0 Å². The molecule has 5 aromatic rings. The quantitative estimate of drug-likeness (QED) is 0.197. The van der Waals surface area contributed by atoms with E-state index in [4.69, 9.17) is 0 Å². The highest BCUT2D eigenvalue weighted by atomic mass is 32.2. The van der Waals surface area contributed by atoms with Crippen molar-refractivity contribution in [2.45, 2.75) is 24.5 Å². The van der Waals surface area contributed by atoms with Crippen molar-refractivity contribution < 1.29 is 8.78 Å². The lowest BCUT2D eigenvalue weighted by Crippen LogP contribution is -2.05. The molecule has 0 saturated carbocycles. The van der Waals surface area contributed by atoms with Crippen LogP contribution in [0.4, 0.5) is 8.78 Å². The van der Waals surface area contributed by atoms with Gasteiger partial charge >= 0.3 is 0 Å². The lowest BCUT2D eigenvalue weighted by Gasteiger charge is -2.10. The first-order valence-electron chi connectivity index (χ1n) is 11.4. The average molecular weight is 510 g/mol. The molecule has 0 aliphatic carbocycles. The number of hydrogen-bond donors (Lipinski definition) is 0. The van der Waals surface area contributed by atoms with Crippen LogP contribution < -0.4 is 0 Å². The van der Waals surface area contributed by atoms with E-state index in [1.807, 2.05) is 18.2 Å². The molecule has 0 radical (unpaired) electrons. The van der Waals surface area contributed by atoms with Crippen molar-refractivity contribution in [3.8, 4) is 0 Å². The summed E-state index contributed by atoms with van der Waals surface area (Å²) in [5.41, 5.74) is 3.22. The Morgan fingerprint density at radius 1 is 0.500 bits per heavy atom. The second-order valence-electron chi connectivity index (χ2n) is 8.16. The monoisotopic (exact) mass is 509 g/mol. The van der Waals surface area contributed by atoms with Gasteiger partial charge in [-0.2, -0.15) is 0 Å². The third kappa shape index (κ3) is 5.62. The fourth-order valence-corrected chi connectivity index (χ4v) is 6.72. The first-order valence-corrected chi connectivity index (χ1v) is 13.5. The van der Waals surface area contributed by atoms with E-state index in [1.54, 1.807) is 36.0 Å². The predicted molar refractivity (Wildman–Crippen MR) is 147 cm³/mol. The molecule has 0 bridgehead atoms. The zero-order valence-electron chi connectivity index (χ0n) is 19.4. The fraction of sp³-hybridized carbons (Fsp3) is 0. The maximum Gasteiger partial charge on any atom is 0.166 e. The summed E-state index contributed by atoms with van der Waals surface area (Å²) < 4.78 is 27.1. The molecule has 0 amide bonds. The highest BCUT2D eigenvalue weighted by Gasteiger charge is 2.28. The molecule has 5 aromatic carbocycles. The van der Waals surface area contributed by atoms with Gasteiger partial charge in [0.1, 0.15) is 11.6 Å². The van der Waals surface area contributed by atoms with Crippen LogP contribution in [0.5, 0.6) is 0 Å². The number of halogens is 2. The Bertz CT molecular complexity index is 1400. The molecule has 0 spiro atoms. The van der Waals surface area contributed by atoms with Gasteiger partial charge in [-0.05, 0) is 102 Å². The van der Waals surface area contributed by atoms with Gasteiger partial charge < -0.3 is 0 Å². The minimum atomic E-state index is -0.465. The van der Waals surface area contributed by atoms with Crippen LogP contribution in [0.25, 0.3) is 5.57 Å². The predicted octanol–water partition coefficient (Wildman–Crippen LogP) is 9.27. The highest BCUT2D eigenvalue weighted by molar-refractivity contribution is 7.99. The number of hydrogen-bond acceptors (Lipinski definition) is 1. The van der Waals surface area contributed by atoms with Gasteiger partial charge in [-0.3, -0.25) is 0 Å². The summed E-state index contributed by atoms with van der Waals surface area (Å²) in [6, 6.07) is 40.1. The van der Waals surface area contributed by atoms with Crippen molar-refractivity contribution in [3.63, 3.8) is 0 Å². The second-order valence-corrected chi connectivity index (χ2v) is 11.3. The van der Waals surface area contributed by atoms with Crippen LogP contribution in [0, 0.1) is 11.6 Å². The van der Waals surface area contributed by atoms with Gasteiger partial charge in [-0.25, -0.2) is 8.78 Å². The molecule has 36 heavy (non-hydrogen) atoms. The molecule has 0 atom stereocenters. The lowest BCUT2D eigenvalue weighted by atomic mass is 10.00. The van der Waals surface area contributed by atoms with Crippen LogP contribution in [-0.2, 0) is 10.9 Å². The fourth-order valence-electron chi connectivity index (χ4n) is 3.86. The van der Waals surface area contributed by atoms with E-state index in [9.17, 15) is 8.78 Å². The molecule has 176 valence electrons. The van der Waals surface area contributed by atoms with Crippen LogP contribution in [0.15, 0.2) is 158 Å². The van der Waals surface area contributed by atoms with Crippen LogP contribution in [0.1, 0.15) is 11.1 Å². The molecule has 5 rings (SSSR count). The topological polar surface area (TPSA) is 0 Å². The molecule has 0 N–H and O–H groups in total. The highest BCUT2D eigenvalue weighted by Crippen LogP contribution is 2.35. The minimum absolute atomic E-state index is 0.272. The molecule has 0 unspecified atom stereocenters. The first kappa shape index (κ1) is 24.1. The Kier molecular flexibility index (Phi) is 7.36. The Morgan fingerprint density at radius 2 is 0.889 bits per heavy atom. The Hall–Kier alpha value is -3.60. The molecule has 0 nitrogen and oxygen atoms in total. The van der Waals surface area contributed by atoms with E-state index < -0.39 is 10.9 Å². The van der Waals surface area contributed by atoms with Gasteiger partial charge in [-0.1, -0.05) is 60.8 Å². The zero-order chi connectivity index (χ0) is 24.9.